The van der Waals surface area contributed by atoms with E-state index < -0.39 is 0 Å². The van der Waals surface area contributed by atoms with Crippen LogP contribution in [0.3, 0.4) is 0 Å². The summed E-state index contributed by atoms with van der Waals surface area (Å²) in [6.45, 7) is 1.44. The van der Waals surface area contributed by atoms with Gasteiger partial charge in [0.2, 0.25) is 0 Å². The van der Waals surface area contributed by atoms with Gasteiger partial charge in [0.05, 0.1) is 11.9 Å². The first-order chi connectivity index (χ1) is 7.58. The fourth-order valence-corrected chi connectivity index (χ4v) is 1.76. The quantitative estimate of drug-likeness (QED) is 0.902. The van der Waals surface area contributed by atoms with E-state index in [0.717, 1.165) is 17.5 Å². The van der Waals surface area contributed by atoms with Crippen molar-refractivity contribution in [3.05, 3.63) is 21.0 Å². The first-order valence-electron chi connectivity index (χ1n) is 5.09. The summed E-state index contributed by atoms with van der Waals surface area (Å²) in [5.41, 5.74) is 0.424. The van der Waals surface area contributed by atoms with Gasteiger partial charge in [-0.2, -0.15) is 5.10 Å². The molecule has 0 spiro atoms. The van der Waals surface area contributed by atoms with Crippen LogP contribution < -0.4 is 10.9 Å². The second kappa shape index (κ2) is 4.37. The van der Waals surface area contributed by atoms with Crippen molar-refractivity contribution in [2.75, 3.05) is 5.32 Å². The van der Waals surface area contributed by atoms with Crippen LogP contribution in [0.4, 0.5) is 5.69 Å². The number of nitrogens with zero attached hydrogens (tertiary/aromatic N) is 2. The molecule has 0 aliphatic heterocycles. The summed E-state index contributed by atoms with van der Waals surface area (Å²) >= 11 is 3.23. The molecule has 1 aromatic heterocycles. The number of hydrogen-bond donors (Lipinski definition) is 1. The molecule has 0 amide bonds. The zero-order valence-electron chi connectivity index (χ0n) is 8.86. The van der Waals surface area contributed by atoms with Gasteiger partial charge >= 0.3 is 0 Å². The molecule has 1 aliphatic rings. The average molecular weight is 286 g/mol. The van der Waals surface area contributed by atoms with Crippen molar-refractivity contribution >= 4 is 27.4 Å². The number of rotatable bonds is 4. The van der Waals surface area contributed by atoms with E-state index in [1.54, 1.807) is 6.20 Å². The van der Waals surface area contributed by atoms with Crippen LogP contribution in [0.25, 0.3) is 0 Å². The van der Waals surface area contributed by atoms with E-state index in [0.29, 0.717) is 16.2 Å². The van der Waals surface area contributed by atoms with Gasteiger partial charge in [-0.05, 0) is 35.7 Å². The highest BCUT2D eigenvalue weighted by Gasteiger charge is 2.22. The molecule has 1 aliphatic carbocycles. The van der Waals surface area contributed by atoms with Crippen molar-refractivity contribution in [1.29, 1.82) is 0 Å². The van der Waals surface area contributed by atoms with Gasteiger partial charge in [0.25, 0.3) is 5.56 Å². The Bertz CT molecular complexity index is 479. The lowest BCUT2D eigenvalue weighted by Gasteiger charge is -2.08. The highest BCUT2D eigenvalue weighted by Crippen LogP contribution is 2.26. The number of carbonyl (C=O) groups excluding carboxylic acids is 1. The number of halogens is 1. The van der Waals surface area contributed by atoms with Crippen molar-refractivity contribution in [1.82, 2.24) is 9.78 Å². The first kappa shape index (κ1) is 11.3. The molecule has 5 nitrogen and oxygen atoms in total. The summed E-state index contributed by atoms with van der Waals surface area (Å²) in [6.07, 6.45) is 3.83. The van der Waals surface area contributed by atoms with Gasteiger partial charge in [-0.1, -0.05) is 0 Å². The molecule has 1 aromatic rings. The van der Waals surface area contributed by atoms with E-state index in [1.807, 2.05) is 0 Å². The highest BCUT2D eigenvalue weighted by molar-refractivity contribution is 9.10. The first-order valence-corrected chi connectivity index (χ1v) is 5.89. The minimum absolute atomic E-state index is 0.0150. The van der Waals surface area contributed by atoms with Crippen LogP contribution in [0.2, 0.25) is 0 Å². The van der Waals surface area contributed by atoms with Crippen LogP contribution in [-0.4, -0.2) is 21.6 Å². The van der Waals surface area contributed by atoms with E-state index in [4.69, 9.17) is 0 Å². The fourth-order valence-electron chi connectivity index (χ4n) is 1.34. The molecule has 0 atom stereocenters. The summed E-state index contributed by atoms with van der Waals surface area (Å²) in [4.78, 5) is 22.7. The van der Waals surface area contributed by atoms with E-state index in [2.05, 4.69) is 26.3 Å². The lowest BCUT2D eigenvalue weighted by Crippen LogP contribution is -2.27. The third-order valence-electron chi connectivity index (χ3n) is 2.29. The molecule has 2 rings (SSSR count). The number of anilines is 1. The molecule has 0 bridgehead atoms. The molecular weight excluding hydrogens is 274 g/mol. The van der Waals surface area contributed by atoms with Crippen LogP contribution >= 0.6 is 15.9 Å². The Balaban J connectivity index is 2.27. The molecule has 86 valence electrons. The maximum absolute atomic E-state index is 11.8. The fraction of sp³-hybridized carbons (Fsp3) is 0.500. The van der Waals surface area contributed by atoms with Gasteiger partial charge in [0.1, 0.15) is 11.0 Å². The lowest BCUT2D eigenvalue weighted by atomic mass is 10.4. The Hall–Kier alpha value is -1.17. The Kier molecular flexibility index (Phi) is 3.09. The normalized spacial score (nSPS) is 14.9. The molecule has 0 saturated heterocycles. The second-order valence-corrected chi connectivity index (χ2v) is 4.75. The molecule has 0 radical (unpaired) electrons. The predicted octanol–water partition coefficient (Wildman–Crippen LogP) is 1.17. The van der Waals surface area contributed by atoms with E-state index in [9.17, 15) is 9.59 Å². The second-order valence-electron chi connectivity index (χ2n) is 3.96. The minimum atomic E-state index is -0.277. The number of aromatic nitrogens is 2. The molecule has 1 fully saturated rings. The Morgan fingerprint density at radius 1 is 1.69 bits per heavy atom. The van der Waals surface area contributed by atoms with Gasteiger partial charge in [-0.25, -0.2) is 4.68 Å². The molecule has 1 N–H and O–H groups in total. The molecule has 1 heterocycles. The van der Waals surface area contributed by atoms with Crippen molar-refractivity contribution < 1.29 is 4.79 Å². The Labute approximate surface area is 101 Å². The summed E-state index contributed by atoms with van der Waals surface area (Å²) in [5.74, 6) is -0.0931. The number of ketones is 1. The van der Waals surface area contributed by atoms with Crippen LogP contribution in [0.15, 0.2) is 15.5 Å². The molecule has 6 heteroatoms. The smallest absolute Gasteiger partial charge is 0.283 e. The molecule has 16 heavy (non-hydrogen) atoms. The van der Waals surface area contributed by atoms with E-state index in [1.165, 1.54) is 6.92 Å². The summed E-state index contributed by atoms with van der Waals surface area (Å²) in [7, 11) is 0. The van der Waals surface area contributed by atoms with Crippen LogP contribution in [0, 0.1) is 0 Å². The van der Waals surface area contributed by atoms with Gasteiger partial charge < -0.3 is 5.32 Å². The summed E-state index contributed by atoms with van der Waals surface area (Å²) in [5, 5.41) is 7.15. The van der Waals surface area contributed by atoms with Gasteiger partial charge in [-0.3, -0.25) is 9.59 Å². The Morgan fingerprint density at radius 3 is 2.94 bits per heavy atom. The zero-order chi connectivity index (χ0) is 11.7. The predicted molar refractivity (Wildman–Crippen MR) is 63.5 cm³/mol. The largest absolute Gasteiger partial charge is 0.380 e. The van der Waals surface area contributed by atoms with E-state index in [-0.39, 0.29) is 17.9 Å². The average Bonchev–Trinajstić information content (AvgIpc) is 3.01. The van der Waals surface area contributed by atoms with Crippen molar-refractivity contribution in [2.45, 2.75) is 32.4 Å². The van der Waals surface area contributed by atoms with Crippen LogP contribution in [0.5, 0.6) is 0 Å². The van der Waals surface area contributed by atoms with Crippen molar-refractivity contribution in [3.63, 3.8) is 0 Å². The number of nitrogens with one attached hydrogen (secondary N) is 1. The van der Waals surface area contributed by atoms with Gasteiger partial charge in [0.15, 0.2) is 5.78 Å². The van der Waals surface area contributed by atoms with E-state index >= 15 is 0 Å². The maximum Gasteiger partial charge on any atom is 0.283 e. The monoisotopic (exact) mass is 285 g/mol. The molecule has 1 saturated carbocycles. The molecule has 0 unspecified atom stereocenters. The molecule has 0 aromatic carbocycles. The maximum atomic E-state index is 11.8. The standard InChI is InChI=1S/C10H12BrN3O2/c1-6(15)5-14-10(16)9(11)8(4-12-14)13-7-2-3-7/h4,7,13H,2-3,5H2,1H3. The summed E-state index contributed by atoms with van der Waals surface area (Å²) < 4.78 is 1.60. The Morgan fingerprint density at radius 2 is 2.38 bits per heavy atom. The third kappa shape index (κ3) is 2.49. The van der Waals surface area contributed by atoms with Gasteiger partial charge in [0, 0.05) is 6.04 Å². The highest BCUT2D eigenvalue weighted by atomic mass is 79.9. The van der Waals surface area contributed by atoms with Gasteiger partial charge in [-0.15, -0.1) is 0 Å². The lowest BCUT2D eigenvalue weighted by molar-refractivity contribution is -0.117. The number of carbonyl (C=O) groups is 1. The summed E-state index contributed by atoms with van der Waals surface area (Å²) in [6, 6.07) is 0.459. The van der Waals surface area contributed by atoms with Crippen LogP contribution in [-0.2, 0) is 11.3 Å². The third-order valence-corrected chi connectivity index (χ3v) is 3.06. The van der Waals surface area contributed by atoms with Crippen LogP contribution in [0.1, 0.15) is 19.8 Å². The minimum Gasteiger partial charge on any atom is -0.380 e. The topological polar surface area (TPSA) is 64.0 Å². The molecular formula is C10H12BrN3O2. The zero-order valence-corrected chi connectivity index (χ0v) is 10.5. The van der Waals surface area contributed by atoms with Crippen molar-refractivity contribution in [3.8, 4) is 0 Å². The SMILES string of the molecule is CC(=O)Cn1ncc(NC2CC2)c(Br)c1=O. The van der Waals surface area contributed by atoms with Crippen molar-refractivity contribution in [2.24, 2.45) is 0 Å². The number of Topliss-reactive ketones (excluding diaryl/α,β-unsaturated/α-hetero) is 1. The number of hydrogen-bond acceptors (Lipinski definition) is 4.